The van der Waals surface area contributed by atoms with Crippen LogP contribution in [-0.2, 0) is 13.0 Å². The van der Waals surface area contributed by atoms with Crippen LogP contribution in [0.1, 0.15) is 61.1 Å². The van der Waals surface area contributed by atoms with E-state index in [4.69, 9.17) is 4.52 Å². The first-order valence-corrected chi connectivity index (χ1v) is 8.02. The molecule has 1 atom stereocenters. The maximum Gasteiger partial charge on any atom is 0.272 e. The third kappa shape index (κ3) is 2.65. The van der Waals surface area contributed by atoms with Crippen LogP contribution in [0.3, 0.4) is 0 Å². The second-order valence-corrected chi connectivity index (χ2v) is 5.66. The minimum atomic E-state index is 0.0158. The number of hydrogen-bond donors (Lipinski definition) is 0. The molecule has 1 aliphatic rings. The quantitative estimate of drug-likeness (QED) is 0.852. The molecule has 22 heavy (non-hydrogen) atoms. The molecule has 1 aliphatic heterocycles. The SMILES string of the molecule is CCCc1cc([C@H]2CCCN2C(=O)c2ccnn2CC)no1. The van der Waals surface area contributed by atoms with E-state index in [-0.39, 0.29) is 11.9 Å². The van der Waals surface area contributed by atoms with Crippen molar-refractivity contribution in [1.29, 1.82) is 0 Å². The molecule has 0 radical (unpaired) electrons. The molecule has 0 aliphatic carbocycles. The molecule has 0 spiro atoms. The summed E-state index contributed by atoms with van der Waals surface area (Å²) in [5.74, 6) is 0.928. The van der Waals surface area contributed by atoms with Gasteiger partial charge in [0.05, 0.1) is 6.04 Å². The van der Waals surface area contributed by atoms with Gasteiger partial charge in [-0.3, -0.25) is 9.48 Å². The lowest BCUT2D eigenvalue weighted by molar-refractivity contribution is 0.0718. The number of hydrogen-bond acceptors (Lipinski definition) is 4. The zero-order valence-corrected chi connectivity index (χ0v) is 13.2. The fourth-order valence-corrected chi connectivity index (χ4v) is 3.08. The highest BCUT2D eigenvalue weighted by Gasteiger charge is 2.33. The third-order valence-corrected chi connectivity index (χ3v) is 4.16. The van der Waals surface area contributed by atoms with Gasteiger partial charge in [-0.1, -0.05) is 12.1 Å². The van der Waals surface area contributed by atoms with Crippen LogP contribution in [0.15, 0.2) is 22.9 Å². The summed E-state index contributed by atoms with van der Waals surface area (Å²) in [5.41, 5.74) is 1.52. The summed E-state index contributed by atoms with van der Waals surface area (Å²) in [7, 11) is 0. The van der Waals surface area contributed by atoms with Crippen molar-refractivity contribution in [2.75, 3.05) is 6.54 Å². The summed E-state index contributed by atoms with van der Waals surface area (Å²) in [6.07, 6.45) is 5.52. The van der Waals surface area contributed by atoms with Crippen LogP contribution >= 0.6 is 0 Å². The van der Waals surface area contributed by atoms with Crippen molar-refractivity contribution >= 4 is 5.91 Å². The van der Waals surface area contributed by atoms with E-state index in [1.54, 1.807) is 16.9 Å². The molecule has 2 aromatic heterocycles. The second kappa shape index (κ2) is 6.34. The van der Waals surface area contributed by atoms with Gasteiger partial charge in [-0.25, -0.2) is 0 Å². The Bertz CT molecular complexity index is 646. The minimum absolute atomic E-state index is 0.0158. The Morgan fingerprint density at radius 2 is 2.32 bits per heavy atom. The van der Waals surface area contributed by atoms with Crippen LogP contribution < -0.4 is 0 Å². The van der Waals surface area contributed by atoms with E-state index < -0.39 is 0 Å². The molecular weight excluding hydrogens is 280 g/mol. The number of amides is 1. The fraction of sp³-hybridized carbons (Fsp3) is 0.562. The van der Waals surface area contributed by atoms with E-state index in [0.29, 0.717) is 12.2 Å². The van der Waals surface area contributed by atoms with Gasteiger partial charge >= 0.3 is 0 Å². The van der Waals surface area contributed by atoms with Gasteiger partial charge in [0.1, 0.15) is 17.1 Å². The second-order valence-electron chi connectivity index (χ2n) is 5.66. The molecule has 118 valence electrons. The number of carbonyl (C=O) groups excluding carboxylic acids is 1. The van der Waals surface area contributed by atoms with E-state index in [1.807, 2.05) is 17.9 Å². The predicted molar refractivity (Wildman–Crippen MR) is 81.4 cm³/mol. The number of rotatable bonds is 5. The van der Waals surface area contributed by atoms with Gasteiger partial charge < -0.3 is 9.42 Å². The largest absolute Gasteiger partial charge is 0.361 e. The zero-order chi connectivity index (χ0) is 15.5. The summed E-state index contributed by atoms with van der Waals surface area (Å²) >= 11 is 0. The molecule has 0 aromatic carbocycles. The van der Waals surface area contributed by atoms with E-state index in [9.17, 15) is 4.79 Å². The van der Waals surface area contributed by atoms with Crippen molar-refractivity contribution in [3.63, 3.8) is 0 Å². The Kier molecular flexibility index (Phi) is 4.27. The average Bonchev–Trinajstić information content (AvgIpc) is 3.25. The third-order valence-electron chi connectivity index (χ3n) is 4.16. The van der Waals surface area contributed by atoms with Crippen molar-refractivity contribution in [3.05, 3.63) is 35.5 Å². The molecule has 3 heterocycles. The first kappa shape index (κ1) is 14.8. The summed E-state index contributed by atoms with van der Waals surface area (Å²) in [5, 5.41) is 8.37. The van der Waals surface area contributed by atoms with E-state index in [0.717, 1.165) is 43.7 Å². The van der Waals surface area contributed by atoms with Gasteiger partial charge in [-0.2, -0.15) is 5.10 Å². The van der Waals surface area contributed by atoms with Gasteiger partial charge in [0.15, 0.2) is 0 Å². The lowest BCUT2D eigenvalue weighted by atomic mass is 10.1. The highest BCUT2D eigenvalue weighted by molar-refractivity contribution is 5.93. The molecular formula is C16H22N4O2. The zero-order valence-electron chi connectivity index (χ0n) is 13.2. The predicted octanol–water partition coefficient (Wildman–Crippen LogP) is 2.82. The van der Waals surface area contributed by atoms with Gasteiger partial charge in [0.2, 0.25) is 0 Å². The van der Waals surface area contributed by atoms with Crippen LogP contribution in [0.5, 0.6) is 0 Å². The number of nitrogens with zero attached hydrogens (tertiary/aromatic N) is 4. The number of likely N-dealkylation sites (tertiary alicyclic amines) is 1. The van der Waals surface area contributed by atoms with Crippen LogP contribution in [0.25, 0.3) is 0 Å². The summed E-state index contributed by atoms with van der Waals surface area (Å²) in [4.78, 5) is 14.7. The van der Waals surface area contributed by atoms with Gasteiger partial charge in [-0.05, 0) is 32.3 Å². The fourth-order valence-electron chi connectivity index (χ4n) is 3.08. The topological polar surface area (TPSA) is 64.2 Å². The summed E-state index contributed by atoms with van der Waals surface area (Å²) < 4.78 is 7.11. The lowest BCUT2D eigenvalue weighted by Crippen LogP contribution is -2.32. The maximum atomic E-state index is 12.8. The molecule has 3 rings (SSSR count). The van der Waals surface area contributed by atoms with Crippen molar-refractivity contribution in [2.24, 2.45) is 0 Å². The first-order valence-electron chi connectivity index (χ1n) is 8.02. The van der Waals surface area contributed by atoms with Gasteiger partial charge in [0, 0.05) is 31.8 Å². The van der Waals surface area contributed by atoms with Gasteiger partial charge in [0.25, 0.3) is 5.91 Å². The molecule has 1 saturated heterocycles. The Morgan fingerprint density at radius 3 is 3.09 bits per heavy atom. The van der Waals surface area contributed by atoms with Crippen LogP contribution in [0.2, 0.25) is 0 Å². The van der Waals surface area contributed by atoms with E-state index >= 15 is 0 Å². The van der Waals surface area contributed by atoms with Crippen molar-refractivity contribution in [1.82, 2.24) is 19.8 Å². The van der Waals surface area contributed by atoms with Crippen LogP contribution in [0.4, 0.5) is 0 Å². The van der Waals surface area contributed by atoms with Crippen molar-refractivity contribution in [2.45, 2.75) is 52.1 Å². The number of aromatic nitrogens is 3. The highest BCUT2D eigenvalue weighted by atomic mass is 16.5. The maximum absolute atomic E-state index is 12.8. The van der Waals surface area contributed by atoms with E-state index in [2.05, 4.69) is 17.2 Å². The Morgan fingerprint density at radius 1 is 1.45 bits per heavy atom. The molecule has 1 amide bonds. The Labute approximate surface area is 130 Å². The molecule has 6 nitrogen and oxygen atoms in total. The highest BCUT2D eigenvalue weighted by Crippen LogP contribution is 2.32. The monoisotopic (exact) mass is 302 g/mol. The van der Waals surface area contributed by atoms with Gasteiger partial charge in [-0.15, -0.1) is 0 Å². The molecule has 0 saturated carbocycles. The minimum Gasteiger partial charge on any atom is -0.361 e. The molecule has 0 bridgehead atoms. The molecule has 1 fully saturated rings. The average molecular weight is 302 g/mol. The first-order chi connectivity index (χ1) is 10.7. The Balaban J connectivity index is 1.81. The summed E-state index contributed by atoms with van der Waals surface area (Å²) in [6, 6.07) is 3.80. The van der Waals surface area contributed by atoms with Crippen molar-refractivity contribution in [3.8, 4) is 0 Å². The smallest absolute Gasteiger partial charge is 0.272 e. The Hall–Kier alpha value is -2.11. The normalized spacial score (nSPS) is 18.1. The molecule has 2 aromatic rings. The molecule has 0 N–H and O–H groups in total. The number of aryl methyl sites for hydroxylation is 2. The molecule has 0 unspecified atom stereocenters. The summed E-state index contributed by atoms with van der Waals surface area (Å²) in [6.45, 7) is 5.55. The standard InChI is InChI=1S/C16H22N4O2/c1-3-6-12-11-13(18-22-12)14-7-5-10-19(14)16(21)15-8-9-17-20(15)4-2/h8-9,11,14H,3-7,10H2,1-2H3/t14-/m1/s1. The molecule has 6 heteroatoms. The lowest BCUT2D eigenvalue weighted by Gasteiger charge is -2.23. The number of carbonyl (C=O) groups is 1. The van der Waals surface area contributed by atoms with E-state index in [1.165, 1.54) is 0 Å². The van der Waals surface area contributed by atoms with Crippen LogP contribution in [0, 0.1) is 0 Å². The van der Waals surface area contributed by atoms with Crippen LogP contribution in [-0.4, -0.2) is 32.3 Å². The van der Waals surface area contributed by atoms with Crippen molar-refractivity contribution < 1.29 is 9.32 Å².